The molecule has 168 valence electrons. The van der Waals surface area contributed by atoms with E-state index in [1.54, 1.807) is 38.5 Å². The number of methoxy groups -OCH3 is 2. The molecule has 0 heterocycles. The highest BCUT2D eigenvalue weighted by Gasteiger charge is 2.26. The third-order valence-corrected chi connectivity index (χ3v) is 5.18. The zero-order valence-electron chi connectivity index (χ0n) is 19.1. The Hall–Kier alpha value is -3.06. The van der Waals surface area contributed by atoms with Gasteiger partial charge in [0.15, 0.2) is 0 Å². The number of rotatable bonds is 10. The number of carbonyl (C=O) groups excluding carboxylic acids is 2. The third-order valence-electron chi connectivity index (χ3n) is 5.18. The molecular formula is C24H33N3O4. The van der Waals surface area contributed by atoms with Crippen molar-refractivity contribution in [3.63, 3.8) is 0 Å². The molecule has 0 aromatic heterocycles. The molecule has 2 rings (SSSR count). The molecule has 0 saturated heterocycles. The summed E-state index contributed by atoms with van der Waals surface area (Å²) in [6.45, 7) is 4.23. The number of likely N-dealkylation sites (N-methyl/N-ethyl adjacent to an activating group) is 1. The van der Waals surface area contributed by atoms with Crippen LogP contribution in [0.2, 0.25) is 0 Å². The van der Waals surface area contributed by atoms with E-state index in [-0.39, 0.29) is 23.8 Å². The van der Waals surface area contributed by atoms with Crippen molar-refractivity contribution in [2.45, 2.75) is 25.9 Å². The fraction of sp³-hybridized carbons (Fsp3) is 0.417. The van der Waals surface area contributed by atoms with Crippen molar-refractivity contribution >= 4 is 11.8 Å². The van der Waals surface area contributed by atoms with Gasteiger partial charge in [-0.3, -0.25) is 9.59 Å². The van der Waals surface area contributed by atoms with Crippen LogP contribution in [0.3, 0.4) is 0 Å². The minimum atomic E-state index is -0.645. The summed E-state index contributed by atoms with van der Waals surface area (Å²) in [5, 5.41) is 5.86. The minimum absolute atomic E-state index is 0.0139. The van der Waals surface area contributed by atoms with Crippen LogP contribution in [-0.2, 0) is 4.79 Å². The zero-order chi connectivity index (χ0) is 23.0. The minimum Gasteiger partial charge on any atom is -0.497 e. The molecule has 2 amide bonds. The van der Waals surface area contributed by atoms with Gasteiger partial charge in [-0.1, -0.05) is 26.0 Å². The molecule has 0 aliphatic heterocycles. The van der Waals surface area contributed by atoms with E-state index >= 15 is 0 Å². The van der Waals surface area contributed by atoms with Crippen LogP contribution in [0.25, 0.3) is 0 Å². The second-order valence-electron chi connectivity index (χ2n) is 7.92. The molecule has 0 radical (unpaired) electrons. The average molecular weight is 428 g/mol. The number of carbonyl (C=O) groups is 2. The molecule has 2 aromatic rings. The summed E-state index contributed by atoms with van der Waals surface area (Å²) in [5.74, 6) is 0.878. The van der Waals surface area contributed by atoms with Crippen molar-refractivity contribution in [1.82, 2.24) is 15.5 Å². The first-order chi connectivity index (χ1) is 14.8. The Labute approximate surface area is 184 Å². The summed E-state index contributed by atoms with van der Waals surface area (Å²) in [5.41, 5.74) is 1.54. The van der Waals surface area contributed by atoms with E-state index < -0.39 is 6.04 Å². The van der Waals surface area contributed by atoms with Crippen LogP contribution < -0.4 is 20.1 Å². The van der Waals surface area contributed by atoms with Gasteiger partial charge in [-0.05, 0) is 62.0 Å². The molecule has 0 aliphatic rings. The van der Waals surface area contributed by atoms with Gasteiger partial charge >= 0.3 is 0 Å². The fourth-order valence-electron chi connectivity index (χ4n) is 3.23. The molecule has 0 saturated carbocycles. The Morgan fingerprint density at radius 1 is 0.903 bits per heavy atom. The Morgan fingerprint density at radius 3 is 1.87 bits per heavy atom. The van der Waals surface area contributed by atoms with Gasteiger partial charge < -0.3 is 25.0 Å². The van der Waals surface area contributed by atoms with Crippen LogP contribution in [0.5, 0.6) is 11.5 Å². The maximum atomic E-state index is 12.9. The lowest BCUT2D eigenvalue weighted by molar-refractivity contribution is -0.124. The zero-order valence-corrected chi connectivity index (χ0v) is 19.1. The van der Waals surface area contributed by atoms with Gasteiger partial charge in [0.05, 0.1) is 20.3 Å². The van der Waals surface area contributed by atoms with Crippen molar-refractivity contribution in [3.8, 4) is 11.5 Å². The van der Waals surface area contributed by atoms with Crippen LogP contribution in [0, 0.1) is 5.92 Å². The Kier molecular flexibility index (Phi) is 8.88. The van der Waals surface area contributed by atoms with Gasteiger partial charge in [0, 0.05) is 12.1 Å². The first kappa shape index (κ1) is 24.2. The Balaban J connectivity index is 2.04. The molecule has 0 aliphatic carbocycles. The lowest BCUT2D eigenvalue weighted by Gasteiger charge is -2.27. The van der Waals surface area contributed by atoms with E-state index in [2.05, 4.69) is 10.6 Å². The summed E-state index contributed by atoms with van der Waals surface area (Å²) in [7, 11) is 7.13. The number of nitrogens with one attached hydrogen (secondary N) is 2. The summed E-state index contributed by atoms with van der Waals surface area (Å²) < 4.78 is 10.3. The van der Waals surface area contributed by atoms with Gasteiger partial charge in [0.2, 0.25) is 5.91 Å². The molecule has 7 heteroatoms. The number of nitrogens with zero attached hydrogens (tertiary/aromatic N) is 1. The number of hydrogen-bond acceptors (Lipinski definition) is 5. The monoisotopic (exact) mass is 427 g/mol. The smallest absolute Gasteiger partial charge is 0.251 e. The summed E-state index contributed by atoms with van der Waals surface area (Å²) in [4.78, 5) is 27.6. The number of hydrogen-bond donors (Lipinski definition) is 2. The van der Waals surface area contributed by atoms with Crippen LogP contribution in [0.1, 0.15) is 35.8 Å². The molecular weight excluding hydrogens is 394 g/mol. The predicted octanol–water partition coefficient (Wildman–Crippen LogP) is 2.88. The SMILES string of the molecule is COc1ccc(C(=O)NC(C(=O)NCC(c2ccc(OC)cc2)N(C)C)C(C)C)cc1. The van der Waals surface area contributed by atoms with E-state index in [4.69, 9.17) is 9.47 Å². The van der Waals surface area contributed by atoms with E-state index in [1.807, 2.05) is 57.1 Å². The van der Waals surface area contributed by atoms with Crippen molar-refractivity contribution in [2.24, 2.45) is 5.92 Å². The molecule has 0 bridgehead atoms. The van der Waals surface area contributed by atoms with Gasteiger partial charge in [-0.2, -0.15) is 0 Å². The van der Waals surface area contributed by atoms with Crippen LogP contribution in [-0.4, -0.2) is 57.6 Å². The Morgan fingerprint density at radius 2 is 1.42 bits per heavy atom. The highest BCUT2D eigenvalue weighted by molar-refractivity contribution is 5.97. The second-order valence-corrected chi connectivity index (χ2v) is 7.92. The highest BCUT2D eigenvalue weighted by Crippen LogP contribution is 2.21. The molecule has 2 aromatic carbocycles. The number of benzene rings is 2. The van der Waals surface area contributed by atoms with Crippen LogP contribution >= 0.6 is 0 Å². The predicted molar refractivity (Wildman–Crippen MR) is 122 cm³/mol. The van der Waals surface area contributed by atoms with E-state index in [9.17, 15) is 9.59 Å². The maximum absolute atomic E-state index is 12.9. The largest absolute Gasteiger partial charge is 0.497 e. The molecule has 0 spiro atoms. The normalized spacial score (nSPS) is 12.9. The van der Waals surface area contributed by atoms with Crippen molar-refractivity contribution in [1.29, 1.82) is 0 Å². The van der Waals surface area contributed by atoms with Crippen LogP contribution in [0.4, 0.5) is 0 Å². The average Bonchev–Trinajstić information content (AvgIpc) is 2.77. The van der Waals surface area contributed by atoms with E-state index in [0.717, 1.165) is 11.3 Å². The first-order valence-electron chi connectivity index (χ1n) is 10.3. The lowest BCUT2D eigenvalue weighted by Crippen LogP contribution is -2.51. The highest BCUT2D eigenvalue weighted by atomic mass is 16.5. The summed E-state index contributed by atoms with van der Waals surface area (Å²) in [6, 6.07) is 13.9. The third kappa shape index (κ3) is 6.72. The quantitative estimate of drug-likeness (QED) is 0.610. The molecule has 2 N–H and O–H groups in total. The maximum Gasteiger partial charge on any atom is 0.251 e. The summed E-state index contributed by atoms with van der Waals surface area (Å²) >= 11 is 0. The molecule has 2 atom stereocenters. The van der Waals surface area contributed by atoms with Crippen molar-refractivity contribution in [2.75, 3.05) is 34.9 Å². The van der Waals surface area contributed by atoms with Gasteiger partial charge in [-0.25, -0.2) is 0 Å². The first-order valence-corrected chi connectivity index (χ1v) is 10.3. The van der Waals surface area contributed by atoms with Crippen molar-refractivity contribution in [3.05, 3.63) is 59.7 Å². The standard InChI is InChI=1S/C24H33N3O4/c1-16(2)22(26-23(28)18-9-13-20(31-6)14-10-18)24(29)25-15-21(27(3)4)17-7-11-19(30-5)12-8-17/h7-14,16,21-22H,15H2,1-6H3,(H,25,29)(H,26,28). The molecule has 31 heavy (non-hydrogen) atoms. The molecule has 7 nitrogen and oxygen atoms in total. The number of amides is 2. The van der Waals surface area contributed by atoms with E-state index in [0.29, 0.717) is 17.9 Å². The van der Waals surface area contributed by atoms with Gasteiger partial charge in [-0.15, -0.1) is 0 Å². The lowest BCUT2D eigenvalue weighted by atomic mass is 10.0. The van der Waals surface area contributed by atoms with E-state index in [1.165, 1.54) is 0 Å². The van der Waals surface area contributed by atoms with Gasteiger partial charge in [0.1, 0.15) is 17.5 Å². The molecule has 2 unspecified atom stereocenters. The topological polar surface area (TPSA) is 79.9 Å². The summed E-state index contributed by atoms with van der Waals surface area (Å²) in [6.07, 6.45) is 0. The fourth-order valence-corrected chi connectivity index (χ4v) is 3.23. The van der Waals surface area contributed by atoms with Gasteiger partial charge in [0.25, 0.3) is 5.91 Å². The van der Waals surface area contributed by atoms with Crippen molar-refractivity contribution < 1.29 is 19.1 Å². The van der Waals surface area contributed by atoms with Crippen LogP contribution in [0.15, 0.2) is 48.5 Å². The number of ether oxygens (including phenoxy) is 2. The molecule has 0 fully saturated rings. The Bertz CT molecular complexity index is 848. The second kappa shape index (κ2) is 11.4.